The second-order valence-corrected chi connectivity index (χ2v) is 4.35. The largest absolute Gasteiger partial charge is 0.412 e. The van der Waals surface area contributed by atoms with Crippen molar-refractivity contribution in [3.8, 4) is 0 Å². The lowest BCUT2D eigenvalue weighted by molar-refractivity contribution is 0.949. The highest BCUT2D eigenvalue weighted by Crippen LogP contribution is 2.17. The van der Waals surface area contributed by atoms with Gasteiger partial charge in [0.2, 0.25) is 0 Å². The van der Waals surface area contributed by atoms with Gasteiger partial charge in [-0.05, 0) is 16.3 Å². The topological polar surface area (TPSA) is 48.5 Å². The molecular weight excluding hydrogens is 236 g/mol. The second-order valence-electron chi connectivity index (χ2n) is 3.28. The van der Waals surface area contributed by atoms with Crippen LogP contribution in [-0.2, 0) is 19.2 Å². The van der Waals surface area contributed by atoms with E-state index < -0.39 is 0 Å². The molecule has 2 aromatic rings. The Morgan fingerprint density at radius 3 is 2.56 bits per heavy atom. The number of rotatable bonds is 2. The molecule has 0 radical (unpaired) electrons. The maximum Gasteiger partial charge on any atom is 0.0392 e. The predicted molar refractivity (Wildman–Crippen MR) is 76.7 cm³/mol. The van der Waals surface area contributed by atoms with E-state index in [2.05, 4.69) is 29.6 Å². The van der Waals surface area contributed by atoms with Crippen molar-refractivity contribution in [1.29, 1.82) is 0 Å². The monoisotopic (exact) mass is 250 g/mol. The van der Waals surface area contributed by atoms with Crippen molar-refractivity contribution in [3.05, 3.63) is 48.0 Å². The second kappa shape index (κ2) is 5.75. The van der Waals surface area contributed by atoms with E-state index in [1.807, 2.05) is 18.2 Å². The average molecular weight is 250 g/mol. The first kappa shape index (κ1) is 12.8. The smallest absolute Gasteiger partial charge is 0.0392 e. The predicted octanol–water partition coefficient (Wildman–Crippen LogP) is 3.14. The third-order valence-electron chi connectivity index (χ3n) is 2.30. The Morgan fingerprint density at radius 1 is 1.12 bits per heavy atom. The molecule has 0 aromatic heterocycles. The zero-order valence-electron chi connectivity index (χ0n) is 9.07. The van der Waals surface area contributed by atoms with E-state index in [1.165, 1.54) is 16.3 Å². The first-order valence-corrected chi connectivity index (χ1v) is 5.50. The van der Waals surface area contributed by atoms with Gasteiger partial charge in [0.25, 0.3) is 0 Å². The molecule has 0 aliphatic heterocycles. The number of thiocarbonyl (C=S) groups is 1. The van der Waals surface area contributed by atoms with Crippen LogP contribution in [0.25, 0.3) is 10.8 Å². The van der Waals surface area contributed by atoms with Crippen molar-refractivity contribution in [2.45, 2.75) is 6.54 Å². The highest BCUT2D eigenvalue weighted by Gasteiger charge is 1.98. The summed E-state index contributed by atoms with van der Waals surface area (Å²) in [6, 6.07) is 14.5. The molecule has 0 saturated carbocycles. The normalized spacial score (nSPS) is 9.50. The van der Waals surface area contributed by atoms with Crippen LogP contribution >= 0.6 is 12.2 Å². The first-order valence-electron chi connectivity index (χ1n) is 4.69. The SMILES string of the molecule is S=C([S-])NCc1cccc2ccccc12.[NH4+]. The summed E-state index contributed by atoms with van der Waals surface area (Å²) in [5.74, 6) is 0. The molecule has 0 unspecified atom stereocenters. The van der Waals surface area contributed by atoms with E-state index in [-0.39, 0.29) is 6.15 Å². The first-order chi connectivity index (χ1) is 7.27. The average Bonchev–Trinajstić information content (AvgIpc) is 2.26. The molecule has 0 atom stereocenters. The fourth-order valence-electron chi connectivity index (χ4n) is 1.61. The minimum Gasteiger partial charge on any atom is -0.412 e. The van der Waals surface area contributed by atoms with Gasteiger partial charge in [-0.15, -0.1) is 0 Å². The van der Waals surface area contributed by atoms with Crippen molar-refractivity contribution in [3.63, 3.8) is 0 Å². The maximum absolute atomic E-state index is 4.82. The molecule has 0 aliphatic carbocycles. The van der Waals surface area contributed by atoms with Crippen molar-refractivity contribution in [2.75, 3.05) is 0 Å². The zero-order chi connectivity index (χ0) is 10.7. The van der Waals surface area contributed by atoms with Crippen LogP contribution < -0.4 is 11.5 Å². The van der Waals surface area contributed by atoms with E-state index in [4.69, 9.17) is 24.8 Å². The van der Waals surface area contributed by atoms with Crippen LogP contribution in [0.2, 0.25) is 0 Å². The lowest BCUT2D eigenvalue weighted by atomic mass is 10.0. The molecule has 2 aromatic carbocycles. The summed E-state index contributed by atoms with van der Waals surface area (Å²) in [6.45, 7) is 0.698. The lowest BCUT2D eigenvalue weighted by Crippen LogP contribution is -2.17. The Balaban J connectivity index is 0.00000128. The van der Waals surface area contributed by atoms with Crippen molar-refractivity contribution in [1.82, 2.24) is 11.5 Å². The fraction of sp³-hybridized carbons (Fsp3) is 0.0833. The Bertz CT molecular complexity index is 492. The number of hydrogen-bond acceptors (Lipinski definition) is 2. The Morgan fingerprint density at radius 2 is 1.81 bits per heavy atom. The molecule has 84 valence electrons. The molecule has 0 bridgehead atoms. The van der Waals surface area contributed by atoms with Gasteiger partial charge >= 0.3 is 0 Å². The zero-order valence-corrected chi connectivity index (χ0v) is 10.7. The van der Waals surface area contributed by atoms with Crippen LogP contribution in [0.5, 0.6) is 0 Å². The summed E-state index contributed by atoms with van der Waals surface area (Å²) < 4.78 is 0.419. The van der Waals surface area contributed by atoms with Crippen LogP contribution in [0.3, 0.4) is 0 Å². The highest BCUT2D eigenvalue weighted by molar-refractivity contribution is 8.00. The number of hydrogen-bond donors (Lipinski definition) is 2. The maximum atomic E-state index is 4.82. The van der Waals surface area contributed by atoms with Crippen LogP contribution in [0.4, 0.5) is 0 Å². The molecule has 0 aliphatic rings. The Kier molecular flexibility index (Phi) is 4.61. The number of quaternary nitrogens is 1. The van der Waals surface area contributed by atoms with Gasteiger partial charge in [-0.25, -0.2) is 0 Å². The third kappa shape index (κ3) is 2.88. The van der Waals surface area contributed by atoms with Crippen molar-refractivity contribution >= 4 is 39.9 Å². The van der Waals surface area contributed by atoms with Gasteiger partial charge in [0, 0.05) is 6.54 Å². The van der Waals surface area contributed by atoms with Crippen molar-refractivity contribution < 1.29 is 0 Å². The van der Waals surface area contributed by atoms with Gasteiger partial charge in [0.1, 0.15) is 0 Å². The van der Waals surface area contributed by atoms with Gasteiger partial charge in [0.05, 0.1) is 0 Å². The van der Waals surface area contributed by atoms with Gasteiger partial charge in [-0.1, -0.05) is 46.8 Å². The Labute approximate surface area is 106 Å². The molecular formula is C12H14N2S2. The van der Waals surface area contributed by atoms with Gasteiger partial charge < -0.3 is 36.3 Å². The summed E-state index contributed by atoms with van der Waals surface area (Å²) in [5.41, 5.74) is 1.22. The summed E-state index contributed by atoms with van der Waals surface area (Å²) in [6.07, 6.45) is 0. The van der Waals surface area contributed by atoms with E-state index in [0.717, 1.165) is 0 Å². The standard InChI is InChI=1S/C12H11NS2.H3N/c14-12(15)13-8-10-6-3-5-9-4-1-2-7-11(9)10;/h1-7H,8H2,(H2,13,14,15);1H3. The lowest BCUT2D eigenvalue weighted by Gasteiger charge is -2.11. The minimum absolute atomic E-state index is 0. The van der Waals surface area contributed by atoms with E-state index >= 15 is 0 Å². The molecule has 0 heterocycles. The van der Waals surface area contributed by atoms with Gasteiger partial charge in [0.15, 0.2) is 0 Å². The molecule has 0 fully saturated rings. The van der Waals surface area contributed by atoms with E-state index in [1.54, 1.807) is 0 Å². The highest BCUT2D eigenvalue weighted by atomic mass is 32.1. The summed E-state index contributed by atoms with van der Waals surface area (Å²) >= 11 is 9.64. The summed E-state index contributed by atoms with van der Waals surface area (Å²) in [5, 5.41) is 5.49. The molecule has 0 amide bonds. The third-order valence-corrected chi connectivity index (χ3v) is 2.59. The number of fused-ring (bicyclic) bond motifs is 1. The van der Waals surface area contributed by atoms with Gasteiger partial charge in [-0.3, -0.25) is 0 Å². The van der Waals surface area contributed by atoms with Crippen LogP contribution in [-0.4, -0.2) is 4.32 Å². The molecule has 4 heteroatoms. The van der Waals surface area contributed by atoms with Crippen molar-refractivity contribution in [2.24, 2.45) is 0 Å². The molecule has 5 N–H and O–H groups in total. The van der Waals surface area contributed by atoms with Crippen LogP contribution in [0.1, 0.15) is 5.56 Å². The van der Waals surface area contributed by atoms with E-state index in [0.29, 0.717) is 10.9 Å². The number of benzene rings is 2. The van der Waals surface area contributed by atoms with Gasteiger partial charge in [-0.2, -0.15) is 0 Å². The molecule has 0 spiro atoms. The van der Waals surface area contributed by atoms with Crippen LogP contribution in [0.15, 0.2) is 42.5 Å². The minimum atomic E-state index is 0. The molecule has 2 nitrogen and oxygen atoms in total. The van der Waals surface area contributed by atoms with E-state index in [9.17, 15) is 0 Å². The Hall–Kier alpha value is -1.23. The number of nitrogens with one attached hydrogen (secondary N) is 1. The molecule has 16 heavy (non-hydrogen) atoms. The van der Waals surface area contributed by atoms with Crippen LogP contribution in [0, 0.1) is 0 Å². The fourth-order valence-corrected chi connectivity index (χ4v) is 1.76. The molecule has 0 saturated heterocycles. The molecule has 2 rings (SSSR count). The summed E-state index contributed by atoms with van der Waals surface area (Å²) in [4.78, 5) is 0. The quantitative estimate of drug-likeness (QED) is 0.636. The summed E-state index contributed by atoms with van der Waals surface area (Å²) in [7, 11) is 0.